The molecule has 2 atom stereocenters. The summed E-state index contributed by atoms with van der Waals surface area (Å²) in [4.78, 5) is 23.5. The second-order valence-electron chi connectivity index (χ2n) is 9.74. The summed E-state index contributed by atoms with van der Waals surface area (Å²) >= 11 is 0. The molecule has 4 nitrogen and oxygen atoms in total. The van der Waals surface area contributed by atoms with Crippen LogP contribution in [-0.2, 0) is 19.1 Å². The van der Waals surface area contributed by atoms with Gasteiger partial charge in [-0.3, -0.25) is 4.79 Å². The maximum atomic E-state index is 11.8. The first-order chi connectivity index (χ1) is 11.2. The Morgan fingerprint density at radius 1 is 0.960 bits per heavy atom. The van der Waals surface area contributed by atoms with E-state index in [1.165, 1.54) is 6.92 Å². The van der Waals surface area contributed by atoms with Crippen molar-refractivity contribution in [3.05, 3.63) is 12.2 Å². The topological polar surface area (TPSA) is 52.6 Å². The second-order valence-corrected chi connectivity index (χ2v) is 9.74. The maximum Gasteiger partial charge on any atom is 0.333 e. The van der Waals surface area contributed by atoms with Crippen LogP contribution in [-0.4, -0.2) is 24.6 Å². The average molecular weight is 353 g/mol. The summed E-state index contributed by atoms with van der Waals surface area (Å²) < 4.78 is 11.3. The van der Waals surface area contributed by atoms with Crippen LogP contribution in [0.3, 0.4) is 0 Å². The molecule has 0 radical (unpaired) electrons. The van der Waals surface area contributed by atoms with Gasteiger partial charge < -0.3 is 9.47 Å². The van der Waals surface area contributed by atoms with Gasteiger partial charge in [-0.05, 0) is 36.5 Å². The van der Waals surface area contributed by atoms with Gasteiger partial charge in [0.1, 0.15) is 6.10 Å². The van der Waals surface area contributed by atoms with Crippen LogP contribution in [0.5, 0.6) is 0 Å². The summed E-state index contributed by atoms with van der Waals surface area (Å²) in [7, 11) is 0. The van der Waals surface area contributed by atoms with Gasteiger partial charge >= 0.3 is 11.9 Å². The molecule has 0 N–H and O–H groups in total. The quantitative estimate of drug-likeness (QED) is 0.540. The van der Waals surface area contributed by atoms with E-state index in [1.54, 1.807) is 6.92 Å². The first-order valence-electron chi connectivity index (χ1n) is 9.23. The van der Waals surface area contributed by atoms with Crippen molar-refractivity contribution in [1.29, 1.82) is 0 Å². The van der Waals surface area contributed by atoms with E-state index in [0.29, 0.717) is 12.2 Å². The van der Waals surface area contributed by atoms with Crippen LogP contribution in [0.15, 0.2) is 12.2 Å². The Kier molecular flexibility index (Phi) is 6.88. The lowest BCUT2D eigenvalue weighted by atomic mass is 9.58. The molecule has 1 aliphatic rings. The average Bonchev–Trinajstić information content (AvgIpc) is 2.42. The molecular formula is C21H36O4. The molecule has 1 rings (SSSR count). The van der Waals surface area contributed by atoms with E-state index >= 15 is 0 Å². The van der Waals surface area contributed by atoms with Gasteiger partial charge in [0.05, 0.1) is 6.61 Å². The van der Waals surface area contributed by atoms with Crippen molar-refractivity contribution in [3.63, 3.8) is 0 Å². The molecule has 25 heavy (non-hydrogen) atoms. The Bertz CT molecular complexity index is 483. The smallest absolute Gasteiger partial charge is 0.333 e. The Labute approximate surface area is 153 Å². The van der Waals surface area contributed by atoms with Crippen LogP contribution in [0, 0.1) is 28.6 Å². The molecule has 1 fully saturated rings. The fraction of sp³-hybridized carbons (Fsp3) is 0.810. The van der Waals surface area contributed by atoms with Crippen LogP contribution in [0.4, 0.5) is 0 Å². The van der Waals surface area contributed by atoms with Crippen molar-refractivity contribution in [3.8, 4) is 0 Å². The zero-order valence-electron chi connectivity index (χ0n) is 17.3. The first-order valence-corrected chi connectivity index (χ1v) is 9.23. The molecule has 2 unspecified atom stereocenters. The van der Waals surface area contributed by atoms with E-state index in [4.69, 9.17) is 9.47 Å². The van der Waals surface area contributed by atoms with Gasteiger partial charge in [0.15, 0.2) is 0 Å². The van der Waals surface area contributed by atoms with Crippen LogP contribution in [0.1, 0.15) is 68.2 Å². The van der Waals surface area contributed by atoms with Gasteiger partial charge in [-0.2, -0.15) is 0 Å². The van der Waals surface area contributed by atoms with E-state index in [-0.39, 0.29) is 46.6 Å². The zero-order valence-corrected chi connectivity index (χ0v) is 17.3. The minimum atomic E-state index is -0.332. The van der Waals surface area contributed by atoms with Gasteiger partial charge in [-0.1, -0.05) is 48.1 Å². The standard InChI is InChI=1S/C21H36O4/c1-13(2)19(23)24-12-15-10-16(20(4,5)6)18(25-14(3)22)17(11-15)21(7,8)9/h15-18H,1,10-12H2,2-9H3. The molecule has 0 heterocycles. The lowest BCUT2D eigenvalue weighted by Crippen LogP contribution is -2.50. The van der Waals surface area contributed by atoms with Crippen molar-refractivity contribution >= 4 is 11.9 Å². The molecule has 0 saturated heterocycles. The molecule has 1 saturated carbocycles. The maximum absolute atomic E-state index is 11.8. The number of hydrogen-bond donors (Lipinski definition) is 0. The molecule has 4 heteroatoms. The summed E-state index contributed by atoms with van der Waals surface area (Å²) in [5.41, 5.74) is 0.426. The van der Waals surface area contributed by atoms with E-state index in [1.807, 2.05) is 0 Å². The van der Waals surface area contributed by atoms with Crippen molar-refractivity contribution in [1.82, 2.24) is 0 Å². The number of esters is 2. The highest BCUT2D eigenvalue weighted by molar-refractivity contribution is 5.86. The molecule has 0 spiro atoms. The molecule has 0 aliphatic heterocycles. The summed E-state index contributed by atoms with van der Waals surface area (Å²) in [6, 6.07) is 0. The van der Waals surface area contributed by atoms with E-state index in [2.05, 4.69) is 48.1 Å². The highest BCUT2D eigenvalue weighted by atomic mass is 16.5. The van der Waals surface area contributed by atoms with Crippen molar-refractivity contribution in [2.24, 2.45) is 28.6 Å². The highest BCUT2D eigenvalue weighted by Crippen LogP contribution is 2.49. The molecule has 1 aliphatic carbocycles. The van der Waals surface area contributed by atoms with Gasteiger partial charge in [-0.15, -0.1) is 0 Å². The number of rotatable bonds is 4. The fourth-order valence-corrected chi connectivity index (χ4v) is 3.86. The lowest BCUT2D eigenvalue weighted by Gasteiger charge is -2.50. The summed E-state index contributed by atoms with van der Waals surface area (Å²) in [6.07, 6.45) is 1.67. The number of hydrogen-bond acceptors (Lipinski definition) is 4. The summed E-state index contributed by atoms with van der Waals surface area (Å²) in [5, 5.41) is 0. The summed E-state index contributed by atoms with van der Waals surface area (Å²) in [6.45, 7) is 20.3. The molecule has 0 bridgehead atoms. The van der Waals surface area contributed by atoms with Crippen LogP contribution < -0.4 is 0 Å². The molecule has 0 aromatic heterocycles. The molecule has 0 aromatic carbocycles. The Morgan fingerprint density at radius 3 is 1.72 bits per heavy atom. The highest BCUT2D eigenvalue weighted by Gasteiger charge is 2.48. The van der Waals surface area contributed by atoms with Crippen molar-refractivity contribution in [2.45, 2.75) is 74.3 Å². The van der Waals surface area contributed by atoms with Crippen molar-refractivity contribution in [2.75, 3.05) is 6.61 Å². The Morgan fingerprint density at radius 2 is 1.40 bits per heavy atom. The van der Waals surface area contributed by atoms with Gasteiger partial charge in [-0.25, -0.2) is 4.79 Å². The fourth-order valence-electron chi connectivity index (χ4n) is 3.86. The number of ether oxygens (including phenoxy) is 2. The monoisotopic (exact) mass is 352 g/mol. The van der Waals surface area contributed by atoms with Gasteiger partial charge in [0.25, 0.3) is 0 Å². The number of carbonyl (C=O) groups is 2. The van der Waals surface area contributed by atoms with Crippen LogP contribution >= 0.6 is 0 Å². The Balaban J connectivity index is 3.06. The molecule has 144 valence electrons. The van der Waals surface area contributed by atoms with E-state index in [9.17, 15) is 9.59 Å². The van der Waals surface area contributed by atoms with E-state index < -0.39 is 0 Å². The lowest BCUT2D eigenvalue weighted by molar-refractivity contribution is -0.169. The van der Waals surface area contributed by atoms with Gasteiger partial charge in [0.2, 0.25) is 0 Å². The second kappa shape index (κ2) is 7.92. The minimum absolute atomic E-state index is 0.000644. The largest absolute Gasteiger partial charge is 0.462 e. The third-order valence-corrected chi connectivity index (χ3v) is 5.29. The zero-order chi connectivity index (χ0) is 19.6. The van der Waals surface area contributed by atoms with Crippen molar-refractivity contribution < 1.29 is 19.1 Å². The minimum Gasteiger partial charge on any atom is -0.462 e. The molecule has 0 amide bonds. The molecular weight excluding hydrogens is 316 g/mol. The first kappa shape index (κ1) is 21.7. The SMILES string of the molecule is C=C(C)C(=O)OCC1CC(C(C)(C)C)C(OC(C)=O)C(C(C)(C)C)C1. The summed E-state index contributed by atoms with van der Waals surface area (Å²) in [5.74, 6) is 0.164. The van der Waals surface area contributed by atoms with Crippen LogP contribution in [0.2, 0.25) is 0 Å². The van der Waals surface area contributed by atoms with Gasteiger partial charge in [0, 0.05) is 24.3 Å². The van der Waals surface area contributed by atoms with Crippen LogP contribution in [0.25, 0.3) is 0 Å². The Hall–Kier alpha value is -1.32. The predicted molar refractivity (Wildman–Crippen MR) is 99.9 cm³/mol. The normalized spacial score (nSPS) is 27.5. The predicted octanol–water partition coefficient (Wildman–Crippen LogP) is 4.77. The third kappa shape index (κ3) is 6.16. The third-order valence-electron chi connectivity index (χ3n) is 5.29. The molecule has 0 aromatic rings. The number of carbonyl (C=O) groups excluding carboxylic acids is 2. The van der Waals surface area contributed by atoms with E-state index in [0.717, 1.165) is 12.8 Å².